The number of aliphatic hydroxyl groups excluding tert-OH is 1. The van der Waals surface area contributed by atoms with Gasteiger partial charge in [-0.05, 0) is 18.6 Å². The Morgan fingerprint density at radius 2 is 2.29 bits per heavy atom. The van der Waals surface area contributed by atoms with Gasteiger partial charge in [0.1, 0.15) is 0 Å². The summed E-state index contributed by atoms with van der Waals surface area (Å²) < 4.78 is 0. The molecule has 0 radical (unpaired) electrons. The third kappa shape index (κ3) is 3.71. The maximum absolute atomic E-state index is 11.2. The van der Waals surface area contributed by atoms with Crippen LogP contribution in [0, 0.1) is 0 Å². The molecule has 0 aliphatic heterocycles. The van der Waals surface area contributed by atoms with Crippen LogP contribution in [-0.2, 0) is 4.79 Å². The predicted molar refractivity (Wildman–Crippen MR) is 66.8 cm³/mol. The zero-order valence-corrected chi connectivity index (χ0v) is 10.5. The number of carbonyl (C=O) groups is 1. The van der Waals surface area contributed by atoms with Crippen LogP contribution in [0.2, 0.25) is 0 Å². The molecule has 5 nitrogen and oxygen atoms in total. The Labute approximate surface area is 101 Å². The Bertz CT molecular complexity index is 365. The van der Waals surface area contributed by atoms with Gasteiger partial charge in [0.2, 0.25) is 5.91 Å². The van der Waals surface area contributed by atoms with Crippen molar-refractivity contribution in [1.82, 2.24) is 10.3 Å². The number of anilines is 1. The molecule has 0 saturated carbocycles. The molecule has 0 aliphatic carbocycles. The highest BCUT2D eigenvalue weighted by atomic mass is 16.3. The van der Waals surface area contributed by atoms with Crippen LogP contribution >= 0.6 is 0 Å². The number of carbonyl (C=O) groups excluding carboxylic acids is 1. The van der Waals surface area contributed by atoms with E-state index in [0.717, 1.165) is 5.69 Å². The maximum Gasteiger partial charge on any atom is 0.239 e. The molecule has 1 aromatic rings. The molecule has 17 heavy (non-hydrogen) atoms. The van der Waals surface area contributed by atoms with E-state index in [9.17, 15) is 9.90 Å². The lowest BCUT2D eigenvalue weighted by Gasteiger charge is -2.18. The Hall–Kier alpha value is -1.62. The van der Waals surface area contributed by atoms with Crippen LogP contribution in [-0.4, -0.2) is 36.6 Å². The second-order valence-corrected chi connectivity index (χ2v) is 3.89. The quantitative estimate of drug-likeness (QED) is 0.791. The van der Waals surface area contributed by atoms with Crippen LogP contribution in [0.5, 0.6) is 0 Å². The SMILES string of the molecule is CCC(O)c1ccc(N(C)CC(=O)NC)cn1. The number of nitrogens with zero attached hydrogens (tertiary/aromatic N) is 2. The molecule has 1 unspecified atom stereocenters. The Morgan fingerprint density at radius 1 is 1.59 bits per heavy atom. The summed E-state index contributed by atoms with van der Waals surface area (Å²) in [6.07, 6.45) is 1.78. The molecule has 1 aromatic heterocycles. The zero-order valence-electron chi connectivity index (χ0n) is 10.5. The molecule has 0 saturated heterocycles. The van der Waals surface area contributed by atoms with Crippen LogP contribution in [0.3, 0.4) is 0 Å². The minimum absolute atomic E-state index is 0.0508. The van der Waals surface area contributed by atoms with Crippen molar-refractivity contribution < 1.29 is 9.90 Å². The number of rotatable bonds is 5. The molecule has 5 heteroatoms. The van der Waals surface area contributed by atoms with Crippen molar-refractivity contribution in [2.24, 2.45) is 0 Å². The first-order chi connectivity index (χ1) is 8.08. The summed E-state index contributed by atoms with van der Waals surface area (Å²) in [5.74, 6) is -0.0508. The Balaban J connectivity index is 2.70. The highest BCUT2D eigenvalue weighted by Crippen LogP contribution is 2.17. The average Bonchev–Trinajstić information content (AvgIpc) is 2.37. The summed E-state index contributed by atoms with van der Waals surface area (Å²) >= 11 is 0. The fourth-order valence-electron chi connectivity index (χ4n) is 1.42. The van der Waals surface area contributed by atoms with Crippen molar-refractivity contribution in [3.05, 3.63) is 24.0 Å². The first-order valence-electron chi connectivity index (χ1n) is 5.64. The van der Waals surface area contributed by atoms with Gasteiger partial charge in [-0.3, -0.25) is 9.78 Å². The van der Waals surface area contributed by atoms with E-state index in [0.29, 0.717) is 12.1 Å². The van der Waals surface area contributed by atoms with Gasteiger partial charge in [-0.15, -0.1) is 0 Å². The van der Waals surface area contributed by atoms with Gasteiger partial charge >= 0.3 is 0 Å². The number of amides is 1. The second kappa shape index (κ2) is 6.20. The van der Waals surface area contributed by atoms with E-state index >= 15 is 0 Å². The van der Waals surface area contributed by atoms with Gasteiger partial charge in [0, 0.05) is 14.1 Å². The van der Waals surface area contributed by atoms with Crippen LogP contribution in [0.1, 0.15) is 25.1 Å². The van der Waals surface area contributed by atoms with Crippen molar-refractivity contribution in [1.29, 1.82) is 0 Å². The van der Waals surface area contributed by atoms with E-state index in [-0.39, 0.29) is 12.5 Å². The van der Waals surface area contributed by atoms with Gasteiger partial charge in [0.15, 0.2) is 0 Å². The van der Waals surface area contributed by atoms with Crippen molar-refractivity contribution >= 4 is 11.6 Å². The minimum Gasteiger partial charge on any atom is -0.387 e. The number of hydrogen-bond acceptors (Lipinski definition) is 4. The molecule has 0 fully saturated rings. The summed E-state index contributed by atoms with van der Waals surface area (Å²) in [6, 6.07) is 3.63. The van der Waals surface area contributed by atoms with Crippen molar-refractivity contribution in [3.63, 3.8) is 0 Å². The molecule has 0 aliphatic rings. The zero-order chi connectivity index (χ0) is 12.8. The second-order valence-electron chi connectivity index (χ2n) is 3.89. The van der Waals surface area contributed by atoms with Crippen molar-refractivity contribution in [2.75, 3.05) is 25.5 Å². The predicted octanol–water partition coefficient (Wildman–Crippen LogP) is 0.707. The molecular formula is C12H19N3O2. The summed E-state index contributed by atoms with van der Waals surface area (Å²) in [4.78, 5) is 17.2. The third-order valence-corrected chi connectivity index (χ3v) is 2.60. The van der Waals surface area contributed by atoms with Gasteiger partial charge < -0.3 is 15.3 Å². The molecule has 0 spiro atoms. The van der Waals surface area contributed by atoms with Crippen LogP contribution in [0.15, 0.2) is 18.3 Å². The van der Waals surface area contributed by atoms with Gasteiger partial charge in [0.25, 0.3) is 0 Å². The van der Waals surface area contributed by atoms with E-state index in [4.69, 9.17) is 0 Å². The fraction of sp³-hybridized carbons (Fsp3) is 0.500. The topological polar surface area (TPSA) is 65.5 Å². The first kappa shape index (κ1) is 13.4. The highest BCUT2D eigenvalue weighted by Gasteiger charge is 2.09. The number of nitrogens with one attached hydrogen (secondary N) is 1. The molecule has 2 N–H and O–H groups in total. The summed E-state index contributed by atoms with van der Waals surface area (Å²) in [6.45, 7) is 2.19. The van der Waals surface area contributed by atoms with E-state index in [1.54, 1.807) is 24.2 Å². The smallest absolute Gasteiger partial charge is 0.239 e. The number of aromatic nitrogens is 1. The summed E-state index contributed by atoms with van der Waals surface area (Å²) in [7, 11) is 3.43. The molecule has 1 atom stereocenters. The monoisotopic (exact) mass is 237 g/mol. The largest absolute Gasteiger partial charge is 0.387 e. The normalized spacial score (nSPS) is 12.0. The van der Waals surface area contributed by atoms with E-state index < -0.39 is 6.10 Å². The number of aliphatic hydroxyl groups is 1. The molecular weight excluding hydrogens is 218 g/mol. The molecule has 0 aromatic carbocycles. The van der Waals surface area contributed by atoms with Crippen molar-refractivity contribution in [2.45, 2.75) is 19.4 Å². The van der Waals surface area contributed by atoms with E-state index in [2.05, 4.69) is 10.3 Å². The average molecular weight is 237 g/mol. The van der Waals surface area contributed by atoms with Gasteiger partial charge in [-0.2, -0.15) is 0 Å². The fourth-order valence-corrected chi connectivity index (χ4v) is 1.42. The lowest BCUT2D eigenvalue weighted by atomic mass is 10.2. The highest BCUT2D eigenvalue weighted by molar-refractivity contribution is 5.80. The Morgan fingerprint density at radius 3 is 2.76 bits per heavy atom. The van der Waals surface area contributed by atoms with Gasteiger partial charge in [-0.1, -0.05) is 6.92 Å². The van der Waals surface area contributed by atoms with E-state index in [1.807, 2.05) is 20.0 Å². The lowest BCUT2D eigenvalue weighted by molar-refractivity contribution is -0.119. The number of pyridine rings is 1. The standard InChI is InChI=1S/C12H19N3O2/c1-4-11(16)10-6-5-9(7-14-10)15(3)8-12(17)13-2/h5-7,11,16H,4,8H2,1-3H3,(H,13,17). The third-order valence-electron chi connectivity index (χ3n) is 2.60. The first-order valence-corrected chi connectivity index (χ1v) is 5.64. The molecule has 0 bridgehead atoms. The Kier molecular flexibility index (Phi) is 4.90. The maximum atomic E-state index is 11.2. The molecule has 1 amide bonds. The molecule has 1 rings (SSSR count). The number of likely N-dealkylation sites (N-methyl/N-ethyl adjacent to an activating group) is 2. The molecule has 1 heterocycles. The van der Waals surface area contributed by atoms with Gasteiger partial charge in [-0.25, -0.2) is 0 Å². The van der Waals surface area contributed by atoms with E-state index in [1.165, 1.54) is 0 Å². The van der Waals surface area contributed by atoms with Gasteiger partial charge in [0.05, 0.1) is 30.2 Å². The van der Waals surface area contributed by atoms with Crippen LogP contribution in [0.25, 0.3) is 0 Å². The van der Waals surface area contributed by atoms with Crippen molar-refractivity contribution in [3.8, 4) is 0 Å². The molecule has 94 valence electrons. The number of hydrogen-bond donors (Lipinski definition) is 2. The minimum atomic E-state index is -0.520. The van der Waals surface area contributed by atoms with Crippen LogP contribution < -0.4 is 10.2 Å². The van der Waals surface area contributed by atoms with Crippen LogP contribution in [0.4, 0.5) is 5.69 Å². The lowest BCUT2D eigenvalue weighted by Crippen LogP contribution is -2.32. The summed E-state index contributed by atoms with van der Waals surface area (Å²) in [5.41, 5.74) is 1.50. The summed E-state index contributed by atoms with van der Waals surface area (Å²) in [5, 5.41) is 12.2.